The number of hydrogen-bond acceptors (Lipinski definition) is 2. The third-order valence-electron chi connectivity index (χ3n) is 3.76. The summed E-state index contributed by atoms with van der Waals surface area (Å²) >= 11 is 0. The van der Waals surface area contributed by atoms with Gasteiger partial charge in [-0.2, -0.15) is 0 Å². The fourth-order valence-corrected chi connectivity index (χ4v) is 2.62. The van der Waals surface area contributed by atoms with Crippen LogP contribution in [0.1, 0.15) is 10.4 Å². The van der Waals surface area contributed by atoms with E-state index in [1.165, 1.54) is 12.1 Å². The van der Waals surface area contributed by atoms with Crippen molar-refractivity contribution < 1.29 is 13.6 Å². The normalized spacial score (nSPS) is 11.0. The molecule has 3 nitrogen and oxygen atoms in total. The topological polar surface area (TPSA) is 42.2 Å². The number of para-hydroxylation sites is 2. The molecule has 0 saturated heterocycles. The average molecular weight is 305 g/mol. The number of halogens is 1. The number of carbonyl (C=O) groups excluding carboxylic acids is 1. The maximum atomic E-state index is 13.6. The first-order chi connectivity index (χ1) is 11.2. The molecule has 112 valence electrons. The van der Waals surface area contributed by atoms with Crippen LogP contribution in [0, 0.1) is 5.82 Å². The lowest BCUT2D eigenvalue weighted by Gasteiger charge is -2.06. The van der Waals surface area contributed by atoms with Crippen LogP contribution in [0.5, 0.6) is 0 Å². The number of furan rings is 1. The number of anilines is 1. The lowest BCUT2D eigenvalue weighted by atomic mass is 10.1. The van der Waals surface area contributed by atoms with Crippen LogP contribution in [0.3, 0.4) is 0 Å². The number of benzene rings is 3. The third kappa shape index (κ3) is 2.34. The van der Waals surface area contributed by atoms with Crippen LogP contribution in [0.15, 0.2) is 71.1 Å². The minimum absolute atomic E-state index is 0.162. The molecular weight excluding hydrogens is 293 g/mol. The second-order valence-corrected chi connectivity index (χ2v) is 5.24. The third-order valence-corrected chi connectivity index (χ3v) is 3.76. The Balaban J connectivity index is 1.75. The summed E-state index contributed by atoms with van der Waals surface area (Å²) in [5.41, 5.74) is 2.10. The summed E-state index contributed by atoms with van der Waals surface area (Å²) in [6, 6.07) is 18.9. The molecule has 1 N–H and O–H groups in total. The van der Waals surface area contributed by atoms with E-state index in [2.05, 4.69) is 5.32 Å². The highest BCUT2D eigenvalue weighted by Gasteiger charge is 2.12. The van der Waals surface area contributed by atoms with Gasteiger partial charge < -0.3 is 9.73 Å². The van der Waals surface area contributed by atoms with Crippen LogP contribution < -0.4 is 5.32 Å². The second-order valence-electron chi connectivity index (χ2n) is 5.24. The Bertz CT molecular complexity index is 1040. The van der Waals surface area contributed by atoms with Gasteiger partial charge in [0, 0.05) is 16.3 Å². The van der Waals surface area contributed by atoms with Gasteiger partial charge >= 0.3 is 0 Å². The molecular formula is C19H12FNO2. The fourth-order valence-electron chi connectivity index (χ4n) is 2.62. The predicted molar refractivity (Wildman–Crippen MR) is 88.1 cm³/mol. The predicted octanol–water partition coefficient (Wildman–Crippen LogP) is 4.98. The van der Waals surface area contributed by atoms with Crippen molar-refractivity contribution in [3.05, 3.63) is 78.1 Å². The first-order valence-corrected chi connectivity index (χ1v) is 7.19. The van der Waals surface area contributed by atoms with E-state index in [0.29, 0.717) is 11.1 Å². The Morgan fingerprint density at radius 2 is 1.61 bits per heavy atom. The quantitative estimate of drug-likeness (QED) is 0.567. The summed E-state index contributed by atoms with van der Waals surface area (Å²) in [6.45, 7) is 0. The Morgan fingerprint density at radius 3 is 2.48 bits per heavy atom. The maximum Gasteiger partial charge on any atom is 0.255 e. The van der Waals surface area contributed by atoms with Gasteiger partial charge in [-0.1, -0.05) is 30.3 Å². The summed E-state index contributed by atoms with van der Waals surface area (Å²) in [5.74, 6) is -0.821. The maximum absolute atomic E-state index is 13.6. The molecule has 0 fully saturated rings. The largest absolute Gasteiger partial charge is 0.456 e. The fraction of sp³-hybridized carbons (Fsp3) is 0. The Morgan fingerprint density at radius 1 is 0.870 bits per heavy atom. The standard InChI is InChI=1S/C19H12FNO2/c20-15-6-2-3-7-16(15)21-19(22)12-9-10-18-14(11-12)13-5-1-4-8-17(13)23-18/h1-11H,(H,21,22). The van der Waals surface area contributed by atoms with E-state index in [-0.39, 0.29) is 11.6 Å². The highest BCUT2D eigenvalue weighted by molar-refractivity contribution is 6.10. The van der Waals surface area contributed by atoms with Crippen LogP contribution in [0.2, 0.25) is 0 Å². The zero-order valence-corrected chi connectivity index (χ0v) is 12.0. The van der Waals surface area contributed by atoms with Crippen molar-refractivity contribution in [2.24, 2.45) is 0 Å². The molecule has 4 heteroatoms. The van der Waals surface area contributed by atoms with E-state index in [4.69, 9.17) is 4.42 Å². The average Bonchev–Trinajstić information content (AvgIpc) is 2.94. The second kappa shape index (κ2) is 5.25. The molecule has 0 aliphatic rings. The number of amides is 1. The number of rotatable bonds is 2. The highest BCUT2D eigenvalue weighted by Crippen LogP contribution is 2.29. The van der Waals surface area contributed by atoms with Gasteiger partial charge in [-0.15, -0.1) is 0 Å². The molecule has 0 spiro atoms. The molecule has 1 aromatic heterocycles. The molecule has 0 atom stereocenters. The number of nitrogens with one attached hydrogen (secondary N) is 1. The summed E-state index contributed by atoms with van der Waals surface area (Å²) in [6.07, 6.45) is 0. The van der Waals surface area contributed by atoms with E-state index < -0.39 is 5.82 Å². The van der Waals surface area contributed by atoms with E-state index in [0.717, 1.165) is 16.4 Å². The van der Waals surface area contributed by atoms with Gasteiger partial charge in [-0.3, -0.25) is 4.79 Å². The Hall–Kier alpha value is -3.14. The number of hydrogen-bond donors (Lipinski definition) is 1. The molecule has 4 aromatic rings. The van der Waals surface area contributed by atoms with Crippen molar-refractivity contribution in [3.63, 3.8) is 0 Å². The van der Waals surface area contributed by atoms with E-state index in [1.54, 1.807) is 30.3 Å². The lowest BCUT2D eigenvalue weighted by molar-refractivity contribution is 0.102. The van der Waals surface area contributed by atoms with Crippen molar-refractivity contribution in [1.82, 2.24) is 0 Å². The molecule has 4 rings (SSSR count). The van der Waals surface area contributed by atoms with Gasteiger partial charge in [-0.05, 0) is 36.4 Å². The van der Waals surface area contributed by atoms with E-state index >= 15 is 0 Å². The number of fused-ring (bicyclic) bond motifs is 3. The molecule has 0 saturated carbocycles. The van der Waals surface area contributed by atoms with Crippen LogP contribution in [-0.4, -0.2) is 5.91 Å². The van der Waals surface area contributed by atoms with Crippen molar-refractivity contribution >= 4 is 33.5 Å². The zero-order chi connectivity index (χ0) is 15.8. The molecule has 0 radical (unpaired) electrons. The minimum Gasteiger partial charge on any atom is -0.456 e. The number of carbonyl (C=O) groups is 1. The van der Waals surface area contributed by atoms with Crippen molar-refractivity contribution in [3.8, 4) is 0 Å². The van der Waals surface area contributed by atoms with E-state index in [1.807, 2.05) is 24.3 Å². The van der Waals surface area contributed by atoms with Crippen LogP contribution in [0.25, 0.3) is 21.9 Å². The Labute approximate surface area is 131 Å². The van der Waals surface area contributed by atoms with Crippen LogP contribution in [0.4, 0.5) is 10.1 Å². The highest BCUT2D eigenvalue weighted by atomic mass is 19.1. The molecule has 0 aliphatic carbocycles. The molecule has 1 heterocycles. The monoisotopic (exact) mass is 305 g/mol. The molecule has 1 amide bonds. The lowest BCUT2D eigenvalue weighted by Crippen LogP contribution is -2.12. The van der Waals surface area contributed by atoms with Gasteiger partial charge in [0.1, 0.15) is 17.0 Å². The minimum atomic E-state index is -0.462. The Kier molecular flexibility index (Phi) is 3.08. The van der Waals surface area contributed by atoms with Crippen LogP contribution >= 0.6 is 0 Å². The van der Waals surface area contributed by atoms with Crippen molar-refractivity contribution in [2.45, 2.75) is 0 Å². The zero-order valence-electron chi connectivity index (χ0n) is 12.0. The van der Waals surface area contributed by atoms with Crippen molar-refractivity contribution in [2.75, 3.05) is 5.32 Å². The van der Waals surface area contributed by atoms with Gasteiger partial charge in [0.25, 0.3) is 5.91 Å². The summed E-state index contributed by atoms with van der Waals surface area (Å²) < 4.78 is 19.4. The molecule has 0 unspecified atom stereocenters. The molecule has 0 aliphatic heterocycles. The molecule has 0 bridgehead atoms. The molecule has 23 heavy (non-hydrogen) atoms. The summed E-state index contributed by atoms with van der Waals surface area (Å²) in [7, 11) is 0. The SMILES string of the molecule is O=C(Nc1ccccc1F)c1ccc2oc3ccccc3c2c1. The van der Waals surface area contributed by atoms with Gasteiger partial charge in [0.15, 0.2) is 0 Å². The summed E-state index contributed by atoms with van der Waals surface area (Å²) in [4.78, 5) is 12.4. The molecule has 3 aromatic carbocycles. The first kappa shape index (κ1) is 13.5. The van der Waals surface area contributed by atoms with Gasteiger partial charge in [0.2, 0.25) is 0 Å². The summed E-state index contributed by atoms with van der Waals surface area (Å²) in [5, 5.41) is 4.40. The van der Waals surface area contributed by atoms with Gasteiger partial charge in [0.05, 0.1) is 5.69 Å². The van der Waals surface area contributed by atoms with Crippen LogP contribution in [-0.2, 0) is 0 Å². The first-order valence-electron chi connectivity index (χ1n) is 7.19. The van der Waals surface area contributed by atoms with Gasteiger partial charge in [-0.25, -0.2) is 4.39 Å². The van der Waals surface area contributed by atoms with E-state index in [9.17, 15) is 9.18 Å². The van der Waals surface area contributed by atoms with Crippen molar-refractivity contribution in [1.29, 1.82) is 0 Å². The smallest absolute Gasteiger partial charge is 0.255 e.